The van der Waals surface area contributed by atoms with Crippen molar-refractivity contribution in [1.29, 1.82) is 0 Å². The zero-order valence-corrected chi connectivity index (χ0v) is 14.0. The number of carbonyl (C=O) groups excluding carboxylic acids is 2. The molecule has 2 fully saturated rings. The molecule has 1 aromatic rings. The van der Waals surface area contributed by atoms with Crippen LogP contribution in [0.25, 0.3) is 0 Å². The molecule has 24 heavy (non-hydrogen) atoms. The molecular weight excluding hydrogens is 302 g/mol. The molecular formula is C19H27N3O2. The Kier molecular flexibility index (Phi) is 5.51. The molecule has 2 aliphatic rings. The van der Waals surface area contributed by atoms with Crippen LogP contribution in [-0.2, 0) is 16.0 Å². The summed E-state index contributed by atoms with van der Waals surface area (Å²) >= 11 is 0. The van der Waals surface area contributed by atoms with Crippen LogP contribution in [0, 0.1) is 11.8 Å². The van der Waals surface area contributed by atoms with Gasteiger partial charge in [0, 0.05) is 18.4 Å². The molecule has 0 saturated heterocycles. The average Bonchev–Trinajstić information content (AvgIpc) is 3.27. The Bertz CT molecular complexity index is 571. The first-order valence-electron chi connectivity index (χ1n) is 9.02. The smallest absolute Gasteiger partial charge is 0.243 e. The largest absolute Gasteiger partial charge is 0.352 e. The van der Waals surface area contributed by atoms with Gasteiger partial charge in [-0.2, -0.15) is 0 Å². The molecule has 0 aromatic heterocycles. The van der Waals surface area contributed by atoms with Gasteiger partial charge in [-0.15, -0.1) is 0 Å². The van der Waals surface area contributed by atoms with Crippen molar-refractivity contribution in [3.05, 3.63) is 35.9 Å². The van der Waals surface area contributed by atoms with E-state index in [0.29, 0.717) is 13.0 Å². The van der Waals surface area contributed by atoms with E-state index >= 15 is 0 Å². The predicted octanol–water partition coefficient (Wildman–Crippen LogP) is 1.37. The first-order valence-corrected chi connectivity index (χ1v) is 9.02. The Morgan fingerprint density at radius 2 is 1.88 bits per heavy atom. The number of rotatable bonds is 7. The third-order valence-electron chi connectivity index (χ3n) is 5.14. The number of carbonyl (C=O) groups is 2. The summed E-state index contributed by atoms with van der Waals surface area (Å²) < 4.78 is 0. The molecule has 0 radical (unpaired) electrons. The zero-order valence-electron chi connectivity index (χ0n) is 14.0. The molecule has 5 nitrogen and oxygen atoms in total. The van der Waals surface area contributed by atoms with E-state index in [0.717, 1.165) is 37.7 Å². The van der Waals surface area contributed by atoms with Gasteiger partial charge in [-0.05, 0) is 43.7 Å². The lowest BCUT2D eigenvalue weighted by molar-refractivity contribution is -0.131. The van der Waals surface area contributed by atoms with Gasteiger partial charge >= 0.3 is 0 Å². The van der Waals surface area contributed by atoms with Crippen LogP contribution in [0.1, 0.15) is 37.7 Å². The Morgan fingerprint density at radius 1 is 1.12 bits per heavy atom. The third kappa shape index (κ3) is 4.35. The maximum Gasteiger partial charge on any atom is 0.243 e. The number of nitrogens with one attached hydrogen (secondary N) is 2. The van der Waals surface area contributed by atoms with Crippen LogP contribution >= 0.6 is 0 Å². The van der Waals surface area contributed by atoms with Crippen LogP contribution in [0.4, 0.5) is 0 Å². The summed E-state index contributed by atoms with van der Waals surface area (Å²) in [5, 5.41) is 6.02. The number of benzene rings is 1. The second-order valence-electron chi connectivity index (χ2n) is 7.07. The van der Waals surface area contributed by atoms with Crippen molar-refractivity contribution in [3.63, 3.8) is 0 Å². The van der Waals surface area contributed by atoms with E-state index in [9.17, 15) is 9.59 Å². The lowest BCUT2D eigenvalue weighted by Crippen LogP contribution is -2.50. The van der Waals surface area contributed by atoms with E-state index in [-0.39, 0.29) is 29.7 Å². The fourth-order valence-corrected chi connectivity index (χ4v) is 3.53. The van der Waals surface area contributed by atoms with Crippen LogP contribution < -0.4 is 16.4 Å². The average molecular weight is 329 g/mol. The summed E-state index contributed by atoms with van der Waals surface area (Å²) in [6, 6.07) is 9.61. The van der Waals surface area contributed by atoms with E-state index < -0.39 is 6.04 Å². The minimum absolute atomic E-state index is 0.0187. The van der Waals surface area contributed by atoms with Crippen LogP contribution in [-0.4, -0.2) is 30.4 Å². The molecule has 3 atom stereocenters. The van der Waals surface area contributed by atoms with Crippen LogP contribution in [0.3, 0.4) is 0 Å². The third-order valence-corrected chi connectivity index (χ3v) is 5.14. The monoisotopic (exact) mass is 329 g/mol. The SMILES string of the molecule is NC[C@H]1CCC[C@H]1C(=O)NC(Cc1ccccc1)C(=O)NC1CC1. The van der Waals surface area contributed by atoms with Crippen molar-refractivity contribution in [2.24, 2.45) is 17.6 Å². The molecule has 0 aliphatic heterocycles. The molecule has 0 spiro atoms. The summed E-state index contributed by atoms with van der Waals surface area (Å²) in [6.07, 6.45) is 5.51. The maximum absolute atomic E-state index is 12.7. The molecule has 0 bridgehead atoms. The molecule has 130 valence electrons. The van der Waals surface area contributed by atoms with Gasteiger partial charge in [0.05, 0.1) is 0 Å². The fraction of sp³-hybridized carbons (Fsp3) is 0.579. The number of nitrogens with two attached hydrogens (primary N) is 1. The summed E-state index contributed by atoms with van der Waals surface area (Å²) in [4.78, 5) is 25.2. The number of hydrogen-bond acceptors (Lipinski definition) is 3. The molecule has 2 saturated carbocycles. The van der Waals surface area contributed by atoms with Gasteiger partial charge in [0.25, 0.3) is 0 Å². The van der Waals surface area contributed by atoms with Crippen molar-refractivity contribution in [1.82, 2.24) is 10.6 Å². The highest BCUT2D eigenvalue weighted by Crippen LogP contribution is 2.31. The Labute approximate surface area is 143 Å². The summed E-state index contributed by atoms with van der Waals surface area (Å²) in [7, 11) is 0. The topological polar surface area (TPSA) is 84.2 Å². The standard InChI is InChI=1S/C19H27N3O2/c20-12-14-7-4-8-16(14)18(23)22-17(19(24)21-15-9-10-15)11-13-5-2-1-3-6-13/h1-3,5-6,14-17H,4,7-12,20H2,(H,21,24)(H,22,23)/t14-,16-,17?/m1/s1. The van der Waals surface area contributed by atoms with Gasteiger partial charge in [0.15, 0.2) is 0 Å². The van der Waals surface area contributed by atoms with Crippen LogP contribution in [0.5, 0.6) is 0 Å². The number of hydrogen-bond donors (Lipinski definition) is 3. The van der Waals surface area contributed by atoms with Crippen LogP contribution in [0.15, 0.2) is 30.3 Å². The normalized spacial score (nSPS) is 24.4. The van der Waals surface area contributed by atoms with Crippen LogP contribution in [0.2, 0.25) is 0 Å². The van der Waals surface area contributed by atoms with Gasteiger partial charge in [0.1, 0.15) is 6.04 Å². The van der Waals surface area contributed by atoms with E-state index in [1.165, 1.54) is 0 Å². The van der Waals surface area contributed by atoms with E-state index in [4.69, 9.17) is 5.73 Å². The van der Waals surface area contributed by atoms with E-state index in [1.807, 2.05) is 30.3 Å². The molecule has 1 unspecified atom stereocenters. The minimum Gasteiger partial charge on any atom is -0.352 e. The quantitative estimate of drug-likeness (QED) is 0.706. The van der Waals surface area contributed by atoms with Crippen molar-refractivity contribution >= 4 is 11.8 Å². The Hall–Kier alpha value is -1.88. The predicted molar refractivity (Wildman–Crippen MR) is 93.1 cm³/mol. The lowest BCUT2D eigenvalue weighted by atomic mass is 9.94. The molecule has 4 N–H and O–H groups in total. The van der Waals surface area contributed by atoms with Gasteiger partial charge < -0.3 is 16.4 Å². The highest BCUT2D eigenvalue weighted by Gasteiger charge is 2.35. The molecule has 1 aromatic carbocycles. The second kappa shape index (κ2) is 7.79. The summed E-state index contributed by atoms with van der Waals surface area (Å²) in [5.41, 5.74) is 6.84. The van der Waals surface area contributed by atoms with Crippen molar-refractivity contribution in [3.8, 4) is 0 Å². The molecule has 3 rings (SSSR count). The minimum atomic E-state index is -0.514. The van der Waals surface area contributed by atoms with Gasteiger partial charge in [-0.25, -0.2) is 0 Å². The molecule has 0 heterocycles. The Balaban J connectivity index is 1.66. The lowest BCUT2D eigenvalue weighted by Gasteiger charge is -2.23. The van der Waals surface area contributed by atoms with Gasteiger partial charge in [-0.1, -0.05) is 36.8 Å². The van der Waals surface area contributed by atoms with Gasteiger partial charge in [0.2, 0.25) is 11.8 Å². The first-order chi connectivity index (χ1) is 11.7. The highest BCUT2D eigenvalue weighted by atomic mass is 16.2. The molecule has 5 heteroatoms. The van der Waals surface area contributed by atoms with E-state index in [1.54, 1.807) is 0 Å². The van der Waals surface area contributed by atoms with Crippen molar-refractivity contribution in [2.75, 3.05) is 6.54 Å². The summed E-state index contributed by atoms with van der Waals surface area (Å²) in [5.74, 6) is 0.0997. The summed E-state index contributed by atoms with van der Waals surface area (Å²) in [6.45, 7) is 0.537. The molecule has 2 aliphatic carbocycles. The zero-order chi connectivity index (χ0) is 16.9. The second-order valence-corrected chi connectivity index (χ2v) is 7.07. The van der Waals surface area contributed by atoms with Crippen molar-refractivity contribution in [2.45, 2.75) is 50.6 Å². The fourth-order valence-electron chi connectivity index (χ4n) is 3.53. The van der Waals surface area contributed by atoms with Crippen molar-refractivity contribution < 1.29 is 9.59 Å². The van der Waals surface area contributed by atoms with E-state index in [2.05, 4.69) is 10.6 Å². The molecule has 2 amide bonds. The number of amides is 2. The first kappa shape index (κ1) is 17.0. The highest BCUT2D eigenvalue weighted by molar-refractivity contribution is 5.89. The maximum atomic E-state index is 12.7. The Morgan fingerprint density at radius 3 is 2.54 bits per heavy atom. The van der Waals surface area contributed by atoms with Gasteiger partial charge in [-0.3, -0.25) is 9.59 Å².